The summed E-state index contributed by atoms with van der Waals surface area (Å²) in [6.07, 6.45) is 10.9. The summed E-state index contributed by atoms with van der Waals surface area (Å²) in [5.41, 5.74) is 0.577. The number of hydrogen-bond acceptors (Lipinski definition) is 2. The summed E-state index contributed by atoms with van der Waals surface area (Å²) in [6, 6.07) is 0. The van der Waals surface area contributed by atoms with Gasteiger partial charge in [-0.2, -0.15) is 0 Å². The molecule has 18 heavy (non-hydrogen) atoms. The van der Waals surface area contributed by atoms with Gasteiger partial charge < -0.3 is 5.32 Å². The Kier molecular flexibility index (Phi) is 2.58. The second-order valence-corrected chi connectivity index (χ2v) is 7.74. The molecule has 5 rings (SSSR count). The lowest BCUT2D eigenvalue weighted by Gasteiger charge is -2.57. The van der Waals surface area contributed by atoms with Gasteiger partial charge in [-0.3, -0.25) is 4.79 Å². The minimum absolute atomic E-state index is 0.343. The highest BCUT2D eigenvalue weighted by molar-refractivity contribution is 5.82. The summed E-state index contributed by atoms with van der Waals surface area (Å²) >= 11 is 0. The Balaban J connectivity index is 1.51. The van der Waals surface area contributed by atoms with Gasteiger partial charge in [0, 0.05) is 25.4 Å². The zero-order valence-corrected chi connectivity index (χ0v) is 11.3. The van der Waals surface area contributed by atoms with Crippen LogP contribution in [0.5, 0.6) is 0 Å². The van der Waals surface area contributed by atoms with Gasteiger partial charge in [-0.25, -0.2) is 0 Å². The summed E-state index contributed by atoms with van der Waals surface area (Å²) in [6.45, 7) is 1.87. The van der Waals surface area contributed by atoms with Crippen LogP contribution in [0.15, 0.2) is 0 Å². The number of carbonyl (C=O) groups excluding carboxylic acids is 1. The van der Waals surface area contributed by atoms with E-state index in [2.05, 4.69) is 5.32 Å². The molecule has 100 valence electrons. The summed E-state index contributed by atoms with van der Waals surface area (Å²) in [7, 11) is 0. The molecular formula is C16H25NO. The SMILES string of the molecule is O=C1CCNCC1CC12CC3CC(CC(C3)C1)C2. The van der Waals surface area contributed by atoms with Crippen molar-refractivity contribution in [1.82, 2.24) is 5.32 Å². The summed E-state index contributed by atoms with van der Waals surface area (Å²) in [5, 5.41) is 3.43. The molecule has 2 nitrogen and oxygen atoms in total. The molecule has 0 aromatic heterocycles. The second kappa shape index (κ2) is 4.06. The zero-order valence-electron chi connectivity index (χ0n) is 11.3. The van der Waals surface area contributed by atoms with Crippen molar-refractivity contribution in [1.29, 1.82) is 0 Å². The molecule has 0 spiro atoms. The first-order valence-corrected chi connectivity index (χ1v) is 7.96. The molecule has 1 N–H and O–H groups in total. The minimum Gasteiger partial charge on any atom is -0.316 e. The molecule has 1 saturated heterocycles. The van der Waals surface area contributed by atoms with Crippen LogP contribution in [0.1, 0.15) is 51.4 Å². The fraction of sp³-hybridized carbons (Fsp3) is 0.938. The Morgan fingerprint density at radius 1 is 1.06 bits per heavy atom. The van der Waals surface area contributed by atoms with Crippen molar-refractivity contribution in [2.75, 3.05) is 13.1 Å². The first-order chi connectivity index (χ1) is 8.72. The predicted octanol–water partition coefficient (Wildman–Crippen LogP) is 2.77. The molecule has 1 atom stereocenters. The molecule has 2 heteroatoms. The average Bonchev–Trinajstić information content (AvgIpc) is 2.30. The van der Waals surface area contributed by atoms with Crippen LogP contribution in [0.25, 0.3) is 0 Å². The third-order valence-electron chi connectivity index (χ3n) is 6.24. The molecule has 5 fully saturated rings. The van der Waals surface area contributed by atoms with Gasteiger partial charge in [0.1, 0.15) is 5.78 Å². The molecule has 4 saturated carbocycles. The molecule has 1 unspecified atom stereocenters. The molecule has 4 aliphatic carbocycles. The Bertz CT molecular complexity index is 327. The van der Waals surface area contributed by atoms with Crippen LogP contribution in [0.4, 0.5) is 0 Å². The first-order valence-electron chi connectivity index (χ1n) is 7.96. The topological polar surface area (TPSA) is 29.1 Å². The maximum absolute atomic E-state index is 12.1. The van der Waals surface area contributed by atoms with Crippen molar-refractivity contribution in [3.05, 3.63) is 0 Å². The number of nitrogens with one attached hydrogen (secondary N) is 1. The van der Waals surface area contributed by atoms with E-state index in [9.17, 15) is 4.79 Å². The maximum Gasteiger partial charge on any atom is 0.138 e. The number of carbonyl (C=O) groups is 1. The Labute approximate surface area is 110 Å². The lowest BCUT2D eigenvalue weighted by molar-refractivity contribution is -0.128. The third-order valence-corrected chi connectivity index (χ3v) is 6.24. The molecule has 0 aromatic carbocycles. The van der Waals surface area contributed by atoms with E-state index in [1.165, 1.54) is 44.9 Å². The highest BCUT2D eigenvalue weighted by Crippen LogP contribution is 2.62. The number of hydrogen-bond donors (Lipinski definition) is 1. The predicted molar refractivity (Wildman–Crippen MR) is 71.2 cm³/mol. The normalized spacial score (nSPS) is 50.8. The van der Waals surface area contributed by atoms with Gasteiger partial charge in [0.05, 0.1) is 0 Å². The Morgan fingerprint density at radius 3 is 2.22 bits per heavy atom. The van der Waals surface area contributed by atoms with Crippen LogP contribution in [-0.2, 0) is 4.79 Å². The van der Waals surface area contributed by atoms with Gasteiger partial charge in [0.15, 0.2) is 0 Å². The van der Waals surface area contributed by atoms with E-state index >= 15 is 0 Å². The van der Waals surface area contributed by atoms with Crippen molar-refractivity contribution in [2.24, 2.45) is 29.1 Å². The van der Waals surface area contributed by atoms with Crippen molar-refractivity contribution in [2.45, 2.75) is 51.4 Å². The van der Waals surface area contributed by atoms with Crippen LogP contribution in [0.3, 0.4) is 0 Å². The first kappa shape index (κ1) is 11.5. The van der Waals surface area contributed by atoms with Gasteiger partial charge in [-0.1, -0.05) is 0 Å². The zero-order chi connectivity index (χ0) is 12.2. The van der Waals surface area contributed by atoms with Gasteiger partial charge >= 0.3 is 0 Å². The smallest absolute Gasteiger partial charge is 0.138 e. The molecule has 4 bridgehead atoms. The van der Waals surface area contributed by atoms with Crippen LogP contribution in [0, 0.1) is 29.1 Å². The number of rotatable bonds is 2. The van der Waals surface area contributed by atoms with E-state index in [0.717, 1.165) is 37.3 Å². The monoisotopic (exact) mass is 247 g/mol. The minimum atomic E-state index is 0.343. The van der Waals surface area contributed by atoms with Crippen LogP contribution in [0.2, 0.25) is 0 Å². The third kappa shape index (κ3) is 1.84. The lowest BCUT2D eigenvalue weighted by atomic mass is 9.48. The summed E-state index contributed by atoms with van der Waals surface area (Å²) in [5.74, 6) is 3.94. The van der Waals surface area contributed by atoms with E-state index in [1.807, 2.05) is 0 Å². The van der Waals surface area contributed by atoms with Gasteiger partial charge in [0.2, 0.25) is 0 Å². The van der Waals surface area contributed by atoms with Crippen molar-refractivity contribution >= 4 is 5.78 Å². The van der Waals surface area contributed by atoms with E-state index in [0.29, 0.717) is 17.1 Å². The molecule has 0 amide bonds. The quantitative estimate of drug-likeness (QED) is 0.813. The van der Waals surface area contributed by atoms with E-state index in [-0.39, 0.29) is 0 Å². The average molecular weight is 247 g/mol. The van der Waals surface area contributed by atoms with E-state index in [1.54, 1.807) is 0 Å². The van der Waals surface area contributed by atoms with Crippen molar-refractivity contribution < 1.29 is 4.79 Å². The van der Waals surface area contributed by atoms with E-state index in [4.69, 9.17) is 0 Å². The fourth-order valence-corrected chi connectivity index (χ4v) is 6.05. The summed E-state index contributed by atoms with van der Waals surface area (Å²) < 4.78 is 0. The van der Waals surface area contributed by atoms with Gasteiger partial charge in [-0.05, 0) is 68.1 Å². The van der Waals surface area contributed by atoms with Crippen molar-refractivity contribution in [3.63, 3.8) is 0 Å². The number of piperidine rings is 1. The highest BCUT2D eigenvalue weighted by atomic mass is 16.1. The van der Waals surface area contributed by atoms with Gasteiger partial charge in [0.25, 0.3) is 0 Å². The Morgan fingerprint density at radius 2 is 1.67 bits per heavy atom. The molecule has 0 aromatic rings. The molecule has 1 aliphatic heterocycles. The highest BCUT2D eigenvalue weighted by Gasteiger charge is 2.51. The number of ketones is 1. The summed E-state index contributed by atoms with van der Waals surface area (Å²) in [4.78, 5) is 12.1. The van der Waals surface area contributed by atoms with Crippen LogP contribution < -0.4 is 5.32 Å². The maximum atomic E-state index is 12.1. The van der Waals surface area contributed by atoms with Crippen LogP contribution >= 0.6 is 0 Å². The molecular weight excluding hydrogens is 222 g/mol. The molecule has 0 radical (unpaired) electrons. The number of Topliss-reactive ketones (excluding diaryl/α,β-unsaturated/α-hetero) is 1. The van der Waals surface area contributed by atoms with E-state index < -0.39 is 0 Å². The standard InChI is InChI=1S/C16H25NO/c18-15-1-2-17-10-14(15)9-16-6-11-3-12(7-16)5-13(4-11)8-16/h11-14,17H,1-10H2. The molecule has 5 aliphatic rings. The van der Waals surface area contributed by atoms with Gasteiger partial charge in [-0.15, -0.1) is 0 Å². The molecule has 1 heterocycles. The van der Waals surface area contributed by atoms with Crippen LogP contribution in [-0.4, -0.2) is 18.9 Å². The largest absolute Gasteiger partial charge is 0.316 e. The lowest BCUT2D eigenvalue weighted by Crippen LogP contribution is -2.49. The van der Waals surface area contributed by atoms with Crippen molar-refractivity contribution in [3.8, 4) is 0 Å². The second-order valence-electron chi connectivity index (χ2n) is 7.74. The fourth-order valence-electron chi connectivity index (χ4n) is 6.05. The Hall–Kier alpha value is -0.370.